The summed E-state index contributed by atoms with van der Waals surface area (Å²) in [7, 11) is -2.01. The molecule has 0 aliphatic rings. The summed E-state index contributed by atoms with van der Waals surface area (Å²) in [6, 6.07) is 3.48. The average molecular weight is 385 g/mol. The molecular weight excluding hydrogens is 366 g/mol. The van der Waals surface area contributed by atoms with Crippen LogP contribution in [0, 0.1) is 6.92 Å². The van der Waals surface area contributed by atoms with Gasteiger partial charge in [-0.2, -0.15) is 4.31 Å². The molecule has 0 radical (unpaired) electrons. The zero-order valence-electron chi connectivity index (χ0n) is 11.8. The predicted molar refractivity (Wildman–Crippen MR) is 84.7 cm³/mol. The molecule has 0 aliphatic carbocycles. The Balaban J connectivity index is 3.11. The summed E-state index contributed by atoms with van der Waals surface area (Å²) in [5.74, 6) is 0.277. The van der Waals surface area contributed by atoms with E-state index in [2.05, 4.69) is 15.9 Å². The summed E-state index contributed by atoms with van der Waals surface area (Å²) in [6.07, 6.45) is 0. The van der Waals surface area contributed by atoms with Crippen molar-refractivity contribution in [2.45, 2.75) is 24.6 Å². The molecule has 0 saturated heterocycles. The SMILES string of the molecule is CCOCCN(C)S(=O)(=O)c1cc(CCl)cc(C)c1Br. The lowest BCUT2D eigenvalue weighted by atomic mass is 10.2. The second-order valence-corrected chi connectivity index (χ2v) is 7.46. The van der Waals surface area contributed by atoms with Crippen molar-refractivity contribution in [3.05, 3.63) is 27.7 Å². The van der Waals surface area contributed by atoms with E-state index < -0.39 is 10.0 Å². The third-order valence-corrected chi connectivity index (χ3v) is 6.38. The molecule has 4 nitrogen and oxygen atoms in total. The fourth-order valence-electron chi connectivity index (χ4n) is 1.70. The van der Waals surface area contributed by atoms with Crippen LogP contribution in [-0.4, -0.2) is 39.5 Å². The van der Waals surface area contributed by atoms with Crippen molar-refractivity contribution in [2.75, 3.05) is 26.8 Å². The Labute approximate surface area is 134 Å². The molecule has 0 heterocycles. The molecule has 0 aromatic heterocycles. The number of nitrogens with zero attached hydrogens (tertiary/aromatic N) is 1. The van der Waals surface area contributed by atoms with Crippen LogP contribution in [0.3, 0.4) is 0 Å². The first-order valence-corrected chi connectivity index (χ1v) is 9.00. The number of halogens is 2. The van der Waals surface area contributed by atoms with Crippen molar-refractivity contribution in [2.24, 2.45) is 0 Å². The number of ether oxygens (including phenoxy) is 1. The summed E-state index contributed by atoms with van der Waals surface area (Å²) >= 11 is 9.16. The molecule has 114 valence electrons. The highest BCUT2D eigenvalue weighted by Gasteiger charge is 2.24. The minimum absolute atomic E-state index is 0.243. The van der Waals surface area contributed by atoms with Crippen LogP contribution in [0.15, 0.2) is 21.5 Å². The van der Waals surface area contributed by atoms with E-state index in [-0.39, 0.29) is 10.8 Å². The van der Waals surface area contributed by atoms with Gasteiger partial charge in [-0.3, -0.25) is 0 Å². The van der Waals surface area contributed by atoms with Crippen LogP contribution in [-0.2, 0) is 20.6 Å². The fourth-order valence-corrected chi connectivity index (χ4v) is 4.03. The average Bonchev–Trinajstić information content (AvgIpc) is 2.41. The maximum Gasteiger partial charge on any atom is 0.244 e. The van der Waals surface area contributed by atoms with Crippen molar-refractivity contribution in [1.29, 1.82) is 0 Å². The molecule has 0 unspecified atom stereocenters. The Bertz CT molecular complexity index is 563. The van der Waals surface area contributed by atoms with E-state index in [1.165, 1.54) is 4.31 Å². The molecule has 0 aliphatic heterocycles. The number of likely N-dealkylation sites (N-methyl/N-ethyl adjacent to an activating group) is 1. The minimum atomic E-state index is -3.56. The van der Waals surface area contributed by atoms with E-state index in [0.717, 1.165) is 11.1 Å². The van der Waals surface area contributed by atoms with Gasteiger partial charge >= 0.3 is 0 Å². The van der Waals surface area contributed by atoms with Crippen LogP contribution in [0.5, 0.6) is 0 Å². The molecule has 0 amide bonds. The zero-order chi connectivity index (χ0) is 15.3. The predicted octanol–water partition coefficient (Wildman–Crippen LogP) is 3.15. The Morgan fingerprint density at radius 2 is 2.05 bits per heavy atom. The standard InChI is InChI=1S/C13H19BrClNO3S/c1-4-19-6-5-16(3)20(17,18)12-8-11(9-15)7-10(2)13(12)14/h7-8H,4-6,9H2,1-3H3. The van der Waals surface area contributed by atoms with E-state index in [4.69, 9.17) is 16.3 Å². The number of sulfonamides is 1. The molecule has 0 spiro atoms. The van der Waals surface area contributed by atoms with E-state index in [1.807, 2.05) is 19.9 Å². The molecular formula is C13H19BrClNO3S. The number of alkyl halides is 1. The van der Waals surface area contributed by atoms with Crippen molar-refractivity contribution in [3.8, 4) is 0 Å². The topological polar surface area (TPSA) is 46.6 Å². The maximum atomic E-state index is 12.6. The Hall–Kier alpha value is -0.140. The number of aryl methyl sites for hydroxylation is 1. The highest BCUT2D eigenvalue weighted by atomic mass is 79.9. The third-order valence-electron chi connectivity index (χ3n) is 2.88. The van der Waals surface area contributed by atoms with E-state index in [9.17, 15) is 8.42 Å². The van der Waals surface area contributed by atoms with Gasteiger partial charge in [-0.05, 0) is 47.0 Å². The minimum Gasteiger partial charge on any atom is -0.380 e. The third kappa shape index (κ3) is 4.18. The normalized spacial score (nSPS) is 12.1. The van der Waals surface area contributed by atoms with Crippen LogP contribution < -0.4 is 0 Å². The van der Waals surface area contributed by atoms with Crippen molar-refractivity contribution >= 4 is 37.6 Å². The lowest BCUT2D eigenvalue weighted by molar-refractivity contribution is 0.138. The Kier molecular flexibility index (Phi) is 6.94. The van der Waals surface area contributed by atoms with Gasteiger partial charge in [0, 0.05) is 30.6 Å². The second kappa shape index (κ2) is 7.75. The highest BCUT2D eigenvalue weighted by molar-refractivity contribution is 9.10. The first kappa shape index (κ1) is 17.9. The molecule has 0 fully saturated rings. The molecule has 0 saturated carbocycles. The number of hydrogen-bond acceptors (Lipinski definition) is 3. The molecule has 20 heavy (non-hydrogen) atoms. The van der Waals surface area contributed by atoms with Crippen molar-refractivity contribution < 1.29 is 13.2 Å². The van der Waals surface area contributed by atoms with Gasteiger partial charge in [0.15, 0.2) is 0 Å². The fraction of sp³-hybridized carbons (Fsp3) is 0.538. The monoisotopic (exact) mass is 383 g/mol. The lowest BCUT2D eigenvalue weighted by Gasteiger charge is -2.19. The molecule has 1 aromatic rings. The van der Waals surface area contributed by atoms with Gasteiger partial charge < -0.3 is 4.74 Å². The number of rotatable bonds is 7. The summed E-state index contributed by atoms with van der Waals surface area (Å²) in [4.78, 5) is 0.243. The van der Waals surface area contributed by atoms with Gasteiger partial charge in [0.1, 0.15) is 0 Å². The van der Waals surface area contributed by atoms with Crippen LogP contribution in [0.2, 0.25) is 0 Å². The van der Waals surface area contributed by atoms with Crippen LogP contribution in [0.4, 0.5) is 0 Å². The van der Waals surface area contributed by atoms with Gasteiger partial charge in [0.05, 0.1) is 11.5 Å². The molecule has 0 bridgehead atoms. The van der Waals surface area contributed by atoms with Crippen LogP contribution >= 0.6 is 27.5 Å². The van der Waals surface area contributed by atoms with Crippen LogP contribution in [0.25, 0.3) is 0 Å². The first-order chi connectivity index (χ1) is 9.34. The van der Waals surface area contributed by atoms with Crippen molar-refractivity contribution in [1.82, 2.24) is 4.31 Å². The molecule has 1 aromatic carbocycles. The zero-order valence-corrected chi connectivity index (χ0v) is 15.0. The number of benzene rings is 1. The second-order valence-electron chi connectivity index (χ2n) is 4.38. The molecule has 7 heteroatoms. The van der Waals surface area contributed by atoms with Crippen LogP contribution in [0.1, 0.15) is 18.1 Å². The van der Waals surface area contributed by atoms with Gasteiger partial charge in [-0.1, -0.05) is 6.07 Å². The molecule has 0 atom stereocenters. The smallest absolute Gasteiger partial charge is 0.244 e. The van der Waals surface area contributed by atoms with E-state index in [0.29, 0.717) is 24.2 Å². The van der Waals surface area contributed by atoms with E-state index in [1.54, 1.807) is 13.1 Å². The Morgan fingerprint density at radius 3 is 2.60 bits per heavy atom. The van der Waals surface area contributed by atoms with Gasteiger partial charge in [-0.15, -0.1) is 11.6 Å². The lowest BCUT2D eigenvalue weighted by Crippen LogP contribution is -2.30. The summed E-state index contributed by atoms with van der Waals surface area (Å²) < 4.78 is 32.2. The number of hydrogen-bond donors (Lipinski definition) is 0. The first-order valence-electron chi connectivity index (χ1n) is 6.23. The van der Waals surface area contributed by atoms with E-state index >= 15 is 0 Å². The van der Waals surface area contributed by atoms with Crippen molar-refractivity contribution in [3.63, 3.8) is 0 Å². The largest absolute Gasteiger partial charge is 0.380 e. The Morgan fingerprint density at radius 1 is 1.40 bits per heavy atom. The van der Waals surface area contributed by atoms with Gasteiger partial charge in [0.2, 0.25) is 10.0 Å². The van der Waals surface area contributed by atoms with Gasteiger partial charge in [-0.25, -0.2) is 8.42 Å². The summed E-state index contributed by atoms with van der Waals surface area (Å²) in [5.41, 5.74) is 1.63. The van der Waals surface area contributed by atoms with Gasteiger partial charge in [0.25, 0.3) is 0 Å². The summed E-state index contributed by atoms with van der Waals surface area (Å²) in [6.45, 7) is 4.97. The summed E-state index contributed by atoms with van der Waals surface area (Å²) in [5, 5.41) is 0. The highest BCUT2D eigenvalue weighted by Crippen LogP contribution is 2.29. The molecule has 0 N–H and O–H groups in total. The maximum absolute atomic E-state index is 12.6. The molecule has 1 rings (SSSR count). The quantitative estimate of drug-likeness (QED) is 0.536.